The number of H-pyrrole nitrogens is 1. The Hall–Kier alpha value is -2.17. The average molecular weight is 206 g/mol. The van der Waals surface area contributed by atoms with Gasteiger partial charge >= 0.3 is 0 Å². The maximum absolute atomic E-state index is 10.7. The molecule has 0 aliphatic heterocycles. The Kier molecular flexibility index (Phi) is 1.65. The van der Waals surface area contributed by atoms with Crippen molar-refractivity contribution < 1.29 is 13.6 Å². The lowest BCUT2D eigenvalue weighted by molar-refractivity contribution is 0.111. The number of methoxy groups -OCH3 is 1. The molecule has 0 fully saturated rings. The van der Waals surface area contributed by atoms with Crippen LogP contribution in [0, 0.1) is 0 Å². The van der Waals surface area contributed by atoms with Gasteiger partial charge in [-0.05, 0) is 24.3 Å². The third kappa shape index (κ3) is 1.71. The van der Waals surface area contributed by atoms with Crippen LogP contribution in [-0.2, 0) is 0 Å². The molecule has 0 saturated heterocycles. The molecule has 0 aliphatic rings. The van der Waals surface area contributed by atoms with Crippen LogP contribution in [-0.4, -0.2) is 28.7 Å². The van der Waals surface area contributed by atoms with Crippen molar-refractivity contribution in [3.05, 3.63) is 30.0 Å². The van der Waals surface area contributed by atoms with Crippen LogP contribution in [0.1, 0.15) is 14.6 Å². The monoisotopic (exact) mass is 206 g/mol. The Morgan fingerprint density at radius 3 is 2.87 bits per heavy atom. The van der Waals surface area contributed by atoms with Crippen LogP contribution < -0.4 is 4.74 Å². The highest BCUT2D eigenvalue weighted by Crippen LogP contribution is 2.21. The Balaban J connectivity index is 2.25. The number of hydrogen-bond acceptors (Lipinski definition) is 4. The normalized spacial score (nSPS) is 13.7. The van der Waals surface area contributed by atoms with Crippen LogP contribution in [0.5, 0.6) is 5.75 Å². The Morgan fingerprint density at radius 1 is 1.40 bits per heavy atom. The summed E-state index contributed by atoms with van der Waals surface area (Å²) >= 11 is 0. The van der Waals surface area contributed by atoms with E-state index in [2.05, 4.69) is 15.4 Å². The first kappa shape index (κ1) is 6.34. The second kappa shape index (κ2) is 3.91. The minimum absolute atomic E-state index is 0.194. The van der Waals surface area contributed by atoms with E-state index in [0.29, 0.717) is 17.5 Å². The quantitative estimate of drug-likeness (QED) is 0.768. The molecule has 1 aromatic heterocycles. The fraction of sp³-hybridized carbons (Fsp3) is 0.100. The number of nitrogens with zero attached hydrogens (tertiary/aromatic N) is 2. The zero-order valence-corrected chi connectivity index (χ0v) is 7.60. The van der Waals surface area contributed by atoms with Crippen LogP contribution in [0.4, 0.5) is 0 Å². The van der Waals surface area contributed by atoms with Crippen molar-refractivity contribution in [1.29, 1.82) is 0 Å². The van der Waals surface area contributed by atoms with Crippen LogP contribution in [0.2, 0.25) is 0 Å². The number of carbonyl (C=O) groups excluding carboxylic acids is 1. The Labute approximate surface area is 90.3 Å². The molecule has 5 nitrogen and oxygen atoms in total. The van der Waals surface area contributed by atoms with Gasteiger partial charge in [0.15, 0.2) is 12.0 Å². The Morgan fingerprint density at radius 2 is 2.20 bits per heavy atom. The van der Waals surface area contributed by atoms with Crippen molar-refractivity contribution in [3.8, 4) is 17.0 Å². The van der Waals surface area contributed by atoms with Gasteiger partial charge in [-0.15, -0.1) is 0 Å². The summed E-state index contributed by atoms with van der Waals surface area (Å²) in [6, 6.07) is 6.19. The van der Waals surface area contributed by atoms with Gasteiger partial charge in [0.2, 0.25) is 0 Å². The number of aromatic amines is 1. The molecule has 0 saturated carbocycles. The molecule has 76 valence electrons. The van der Waals surface area contributed by atoms with E-state index in [1.54, 1.807) is 12.1 Å². The fourth-order valence-corrected chi connectivity index (χ4v) is 1.21. The lowest BCUT2D eigenvalue weighted by Crippen LogP contribution is -1.86. The summed E-state index contributed by atoms with van der Waals surface area (Å²) in [6.07, 6.45) is 0.589. The van der Waals surface area contributed by atoms with Crippen molar-refractivity contribution in [2.75, 3.05) is 7.04 Å². The number of aromatic nitrogens is 3. The first-order chi connectivity index (χ1) is 8.49. The van der Waals surface area contributed by atoms with E-state index in [4.69, 9.17) is 8.85 Å². The predicted molar refractivity (Wildman–Crippen MR) is 53.8 cm³/mol. The van der Waals surface area contributed by atoms with E-state index < -0.39 is 7.04 Å². The number of rotatable bonds is 3. The average Bonchev–Trinajstić information content (AvgIpc) is 2.76. The minimum atomic E-state index is -2.48. The van der Waals surface area contributed by atoms with Crippen LogP contribution in [0.15, 0.2) is 24.3 Å². The molecular formula is C10H9N3O2. The van der Waals surface area contributed by atoms with Gasteiger partial charge in [0, 0.05) is 5.56 Å². The molecule has 1 aromatic carbocycles. The SMILES string of the molecule is [2H]C([2H])([2H])Oc1ccc(-c2n[nH]nc2C=O)cc1. The summed E-state index contributed by atoms with van der Waals surface area (Å²) in [7, 11) is -2.48. The molecule has 0 atom stereocenters. The van der Waals surface area contributed by atoms with Gasteiger partial charge in [-0.3, -0.25) is 4.79 Å². The van der Waals surface area contributed by atoms with Gasteiger partial charge in [0.25, 0.3) is 0 Å². The molecule has 0 bridgehead atoms. The third-order valence-corrected chi connectivity index (χ3v) is 1.93. The number of ether oxygens (including phenoxy) is 1. The molecule has 2 rings (SSSR count). The van der Waals surface area contributed by atoms with E-state index in [0.717, 1.165) is 0 Å². The van der Waals surface area contributed by atoms with Gasteiger partial charge in [0.1, 0.15) is 11.4 Å². The summed E-state index contributed by atoms with van der Waals surface area (Å²) in [5.41, 5.74) is 1.24. The minimum Gasteiger partial charge on any atom is -0.497 e. The van der Waals surface area contributed by atoms with Crippen molar-refractivity contribution in [1.82, 2.24) is 15.4 Å². The number of nitrogens with one attached hydrogen (secondary N) is 1. The molecule has 0 radical (unpaired) electrons. The lowest BCUT2D eigenvalue weighted by Gasteiger charge is -2.00. The Bertz CT molecular complexity index is 548. The maximum atomic E-state index is 10.7. The molecule has 0 spiro atoms. The molecule has 1 heterocycles. The van der Waals surface area contributed by atoms with Crippen LogP contribution in [0.25, 0.3) is 11.3 Å². The summed E-state index contributed by atoms with van der Waals surface area (Å²) in [5, 5.41) is 9.86. The molecule has 0 aliphatic carbocycles. The first-order valence-corrected chi connectivity index (χ1v) is 4.15. The zero-order chi connectivity index (χ0) is 13.2. The van der Waals surface area contributed by atoms with Gasteiger partial charge in [0.05, 0.1) is 11.2 Å². The molecule has 15 heavy (non-hydrogen) atoms. The number of hydrogen-bond donors (Lipinski definition) is 1. The van der Waals surface area contributed by atoms with E-state index >= 15 is 0 Å². The molecule has 0 amide bonds. The lowest BCUT2D eigenvalue weighted by atomic mass is 10.1. The molecular weight excluding hydrogens is 194 g/mol. The highest BCUT2D eigenvalue weighted by molar-refractivity contribution is 5.82. The van der Waals surface area contributed by atoms with Gasteiger partial charge in [-0.1, -0.05) is 0 Å². The number of benzene rings is 1. The smallest absolute Gasteiger partial charge is 0.172 e. The molecule has 0 unspecified atom stereocenters. The highest BCUT2D eigenvalue weighted by Gasteiger charge is 2.08. The third-order valence-electron chi connectivity index (χ3n) is 1.93. The molecule has 2 aromatic rings. The van der Waals surface area contributed by atoms with Gasteiger partial charge in [-0.25, -0.2) is 0 Å². The van der Waals surface area contributed by atoms with Crippen molar-refractivity contribution in [2.45, 2.75) is 0 Å². The van der Waals surface area contributed by atoms with Crippen molar-refractivity contribution >= 4 is 6.29 Å². The van der Waals surface area contributed by atoms with Crippen molar-refractivity contribution in [3.63, 3.8) is 0 Å². The predicted octanol–water partition coefficient (Wildman–Crippen LogP) is 1.29. The topological polar surface area (TPSA) is 67.9 Å². The number of aldehydes is 1. The summed E-state index contributed by atoms with van der Waals surface area (Å²) < 4.78 is 25.6. The van der Waals surface area contributed by atoms with Gasteiger partial charge in [-0.2, -0.15) is 15.4 Å². The molecule has 5 heteroatoms. The van der Waals surface area contributed by atoms with E-state index in [1.807, 2.05) is 0 Å². The summed E-state index contributed by atoms with van der Waals surface area (Å²) in [4.78, 5) is 10.7. The van der Waals surface area contributed by atoms with E-state index in [9.17, 15) is 4.79 Å². The van der Waals surface area contributed by atoms with Crippen LogP contribution in [0.3, 0.4) is 0 Å². The molecule has 1 N–H and O–H groups in total. The standard InChI is InChI=1S/C10H9N3O2/c1-15-8-4-2-7(3-5-8)10-9(6-14)11-13-12-10/h2-6H,1H3,(H,11,12,13)/i1D3. The fourth-order valence-electron chi connectivity index (χ4n) is 1.21. The second-order valence-electron chi connectivity index (χ2n) is 2.80. The number of carbonyl (C=O) groups is 1. The second-order valence-corrected chi connectivity index (χ2v) is 2.80. The zero-order valence-electron chi connectivity index (χ0n) is 10.6. The highest BCUT2D eigenvalue weighted by atomic mass is 16.5. The largest absolute Gasteiger partial charge is 0.497 e. The van der Waals surface area contributed by atoms with E-state index in [-0.39, 0.29) is 11.4 Å². The summed E-state index contributed by atoms with van der Waals surface area (Å²) in [5.74, 6) is 0.217. The van der Waals surface area contributed by atoms with E-state index in [1.165, 1.54) is 12.1 Å². The van der Waals surface area contributed by atoms with Crippen molar-refractivity contribution in [2.24, 2.45) is 0 Å². The van der Waals surface area contributed by atoms with Crippen LogP contribution >= 0.6 is 0 Å². The maximum Gasteiger partial charge on any atom is 0.172 e. The van der Waals surface area contributed by atoms with Gasteiger partial charge < -0.3 is 4.74 Å². The summed E-state index contributed by atoms with van der Waals surface area (Å²) in [6.45, 7) is 0. The first-order valence-electron chi connectivity index (χ1n) is 5.65.